The third kappa shape index (κ3) is 4.35. The maximum absolute atomic E-state index is 14.0. The molecule has 2 fully saturated rings. The highest BCUT2D eigenvalue weighted by molar-refractivity contribution is 6.07. The van der Waals surface area contributed by atoms with Crippen molar-refractivity contribution in [2.24, 2.45) is 7.05 Å². The SMILES string of the molecule is Cn1c(CN2CCC3(CC2)C(=O)N(Cc2cccnc2)C(=O)N3CCc2ccccc2)nc2ccccc21. The van der Waals surface area contributed by atoms with Crippen LogP contribution in [-0.4, -0.2) is 66.3 Å². The van der Waals surface area contributed by atoms with Crippen LogP contribution in [0.3, 0.4) is 0 Å². The van der Waals surface area contributed by atoms with Crippen molar-refractivity contribution in [2.75, 3.05) is 19.6 Å². The van der Waals surface area contributed by atoms with Crippen molar-refractivity contribution in [1.29, 1.82) is 0 Å². The van der Waals surface area contributed by atoms with Crippen molar-refractivity contribution in [2.45, 2.75) is 37.9 Å². The first-order valence-electron chi connectivity index (χ1n) is 13.2. The Hall–Kier alpha value is -4.04. The molecule has 8 nitrogen and oxygen atoms in total. The molecule has 8 heteroatoms. The maximum atomic E-state index is 14.0. The molecule has 2 aromatic carbocycles. The van der Waals surface area contributed by atoms with Gasteiger partial charge < -0.3 is 9.47 Å². The number of carbonyl (C=O) groups excluding carboxylic acids is 2. The average molecular weight is 509 g/mol. The summed E-state index contributed by atoms with van der Waals surface area (Å²) < 4.78 is 2.14. The Morgan fingerprint density at radius 2 is 1.61 bits per heavy atom. The summed E-state index contributed by atoms with van der Waals surface area (Å²) in [6.07, 6.45) is 5.36. The minimum absolute atomic E-state index is 0.0817. The molecule has 2 aromatic heterocycles. The molecule has 2 aliphatic heterocycles. The summed E-state index contributed by atoms with van der Waals surface area (Å²) in [5.41, 5.74) is 3.32. The molecule has 4 heterocycles. The number of amides is 3. The monoisotopic (exact) mass is 508 g/mol. The summed E-state index contributed by atoms with van der Waals surface area (Å²) in [4.78, 5) is 42.3. The molecule has 38 heavy (non-hydrogen) atoms. The van der Waals surface area contributed by atoms with Crippen LogP contribution in [0.15, 0.2) is 79.1 Å². The largest absolute Gasteiger partial charge is 0.330 e. The quantitative estimate of drug-likeness (QED) is 0.353. The lowest BCUT2D eigenvalue weighted by atomic mass is 9.85. The highest BCUT2D eigenvalue weighted by Gasteiger charge is 2.57. The summed E-state index contributed by atoms with van der Waals surface area (Å²) in [6.45, 7) is 2.93. The number of aromatic nitrogens is 3. The van der Waals surface area contributed by atoms with E-state index in [-0.39, 0.29) is 18.5 Å². The fraction of sp³-hybridized carbons (Fsp3) is 0.333. The zero-order valence-corrected chi connectivity index (χ0v) is 21.7. The van der Waals surface area contributed by atoms with Gasteiger partial charge in [-0.25, -0.2) is 9.78 Å². The predicted molar refractivity (Wildman–Crippen MR) is 145 cm³/mol. The standard InChI is InChI=1S/C30H32N6O2/c1-33-26-12-6-5-11-25(26)32-27(33)22-34-18-14-30(15-19-34)28(37)35(21-24-10-7-16-31-20-24)29(38)36(30)17-13-23-8-3-2-4-9-23/h2-12,16,20H,13-15,17-19,21-22H2,1H3. The number of likely N-dealkylation sites (tertiary alicyclic amines) is 1. The van der Waals surface area contributed by atoms with E-state index >= 15 is 0 Å². The molecule has 194 valence electrons. The molecule has 6 rings (SSSR count). The van der Waals surface area contributed by atoms with Gasteiger partial charge in [0.2, 0.25) is 0 Å². The highest BCUT2D eigenvalue weighted by Crippen LogP contribution is 2.38. The molecule has 0 atom stereocenters. The van der Waals surface area contributed by atoms with Crippen LogP contribution < -0.4 is 0 Å². The number of hydrogen-bond donors (Lipinski definition) is 0. The lowest BCUT2D eigenvalue weighted by molar-refractivity contribution is -0.136. The molecule has 0 N–H and O–H groups in total. The van der Waals surface area contributed by atoms with Gasteiger partial charge in [0.05, 0.1) is 24.1 Å². The fourth-order valence-corrected chi connectivity index (χ4v) is 5.89. The molecule has 0 aliphatic carbocycles. The van der Waals surface area contributed by atoms with E-state index in [0.29, 0.717) is 32.4 Å². The van der Waals surface area contributed by atoms with Crippen molar-refractivity contribution in [3.05, 3.63) is 96.1 Å². The van der Waals surface area contributed by atoms with Crippen molar-refractivity contribution >= 4 is 23.0 Å². The molecular formula is C30H32N6O2. The maximum Gasteiger partial charge on any atom is 0.328 e. The lowest BCUT2D eigenvalue weighted by Gasteiger charge is -2.42. The zero-order chi connectivity index (χ0) is 26.1. The van der Waals surface area contributed by atoms with Gasteiger partial charge in [0.25, 0.3) is 5.91 Å². The Morgan fingerprint density at radius 1 is 0.868 bits per heavy atom. The number of imide groups is 1. The van der Waals surface area contributed by atoms with Crippen LogP contribution in [0.5, 0.6) is 0 Å². The van der Waals surface area contributed by atoms with Gasteiger partial charge in [-0.2, -0.15) is 0 Å². The van der Waals surface area contributed by atoms with E-state index in [9.17, 15) is 9.59 Å². The van der Waals surface area contributed by atoms with Gasteiger partial charge in [-0.05, 0) is 48.6 Å². The molecule has 2 aliphatic rings. The van der Waals surface area contributed by atoms with E-state index in [1.807, 2.05) is 53.4 Å². The molecule has 1 spiro atoms. The number of nitrogens with zero attached hydrogens (tertiary/aromatic N) is 6. The molecule has 3 amide bonds. The first kappa shape index (κ1) is 24.3. The smallest absolute Gasteiger partial charge is 0.328 e. The Balaban J connectivity index is 1.22. The van der Waals surface area contributed by atoms with E-state index in [1.54, 1.807) is 12.4 Å². The molecular weight excluding hydrogens is 476 g/mol. The van der Waals surface area contributed by atoms with E-state index in [1.165, 1.54) is 4.90 Å². The van der Waals surface area contributed by atoms with Gasteiger partial charge in [-0.3, -0.25) is 19.6 Å². The van der Waals surface area contributed by atoms with E-state index in [2.05, 4.69) is 39.7 Å². The predicted octanol–water partition coefficient (Wildman–Crippen LogP) is 4.01. The van der Waals surface area contributed by atoms with Crippen LogP contribution in [0, 0.1) is 0 Å². The second kappa shape index (κ2) is 10.0. The van der Waals surface area contributed by atoms with Crippen LogP contribution >= 0.6 is 0 Å². The number of rotatable bonds is 7. The summed E-state index contributed by atoms with van der Waals surface area (Å²) in [5, 5.41) is 0. The first-order valence-corrected chi connectivity index (χ1v) is 13.2. The highest BCUT2D eigenvalue weighted by atomic mass is 16.2. The number of imidazole rings is 1. The van der Waals surface area contributed by atoms with Gasteiger partial charge in [0.15, 0.2) is 0 Å². The summed E-state index contributed by atoms with van der Waals surface area (Å²) in [7, 11) is 2.05. The van der Waals surface area contributed by atoms with Crippen molar-refractivity contribution in [3.63, 3.8) is 0 Å². The minimum atomic E-state index is -0.809. The molecule has 0 saturated carbocycles. The number of piperidine rings is 1. The summed E-state index contributed by atoms with van der Waals surface area (Å²) in [6, 6.07) is 21.9. The fourth-order valence-electron chi connectivity index (χ4n) is 5.89. The first-order chi connectivity index (χ1) is 18.5. The molecule has 4 aromatic rings. The molecule has 0 unspecified atom stereocenters. The number of fused-ring (bicyclic) bond motifs is 1. The Bertz CT molecular complexity index is 1440. The summed E-state index contributed by atoms with van der Waals surface area (Å²) >= 11 is 0. The van der Waals surface area contributed by atoms with Gasteiger partial charge in [-0.1, -0.05) is 48.5 Å². The molecule has 0 bridgehead atoms. The van der Waals surface area contributed by atoms with Crippen molar-refractivity contribution in [3.8, 4) is 0 Å². The van der Waals surface area contributed by atoms with Gasteiger partial charge in [0, 0.05) is 39.1 Å². The lowest BCUT2D eigenvalue weighted by Crippen LogP contribution is -2.56. The number of para-hydroxylation sites is 2. The van der Waals surface area contributed by atoms with Gasteiger partial charge in [0.1, 0.15) is 11.4 Å². The van der Waals surface area contributed by atoms with Gasteiger partial charge >= 0.3 is 6.03 Å². The second-order valence-corrected chi connectivity index (χ2v) is 10.3. The van der Waals surface area contributed by atoms with E-state index in [0.717, 1.165) is 41.1 Å². The van der Waals surface area contributed by atoms with Crippen LogP contribution in [0.2, 0.25) is 0 Å². The molecule has 2 saturated heterocycles. The topological polar surface area (TPSA) is 74.6 Å². The minimum Gasteiger partial charge on any atom is -0.330 e. The zero-order valence-electron chi connectivity index (χ0n) is 21.7. The number of benzene rings is 2. The number of aryl methyl sites for hydroxylation is 1. The Labute approximate surface area is 222 Å². The third-order valence-electron chi connectivity index (χ3n) is 8.08. The van der Waals surface area contributed by atoms with Crippen LogP contribution in [0.1, 0.15) is 29.8 Å². The van der Waals surface area contributed by atoms with E-state index < -0.39 is 5.54 Å². The van der Waals surface area contributed by atoms with E-state index in [4.69, 9.17) is 4.98 Å². The Morgan fingerprint density at radius 3 is 2.34 bits per heavy atom. The van der Waals surface area contributed by atoms with Crippen LogP contribution in [0.25, 0.3) is 11.0 Å². The van der Waals surface area contributed by atoms with Crippen molar-refractivity contribution < 1.29 is 9.59 Å². The van der Waals surface area contributed by atoms with Crippen LogP contribution in [-0.2, 0) is 31.4 Å². The third-order valence-corrected chi connectivity index (χ3v) is 8.08. The molecule has 0 radical (unpaired) electrons. The average Bonchev–Trinajstić information content (AvgIpc) is 3.36. The van der Waals surface area contributed by atoms with Crippen LogP contribution in [0.4, 0.5) is 4.79 Å². The normalized spacial score (nSPS) is 17.7. The Kier molecular flexibility index (Phi) is 6.41. The summed E-state index contributed by atoms with van der Waals surface area (Å²) in [5.74, 6) is 0.928. The number of hydrogen-bond acceptors (Lipinski definition) is 5. The number of urea groups is 1. The number of carbonyl (C=O) groups is 2. The number of pyridine rings is 1. The second-order valence-electron chi connectivity index (χ2n) is 10.3. The van der Waals surface area contributed by atoms with Gasteiger partial charge in [-0.15, -0.1) is 0 Å². The van der Waals surface area contributed by atoms with Crippen molar-refractivity contribution in [1.82, 2.24) is 29.2 Å².